The summed E-state index contributed by atoms with van der Waals surface area (Å²) in [5, 5.41) is 23.0. The van der Waals surface area contributed by atoms with Crippen LogP contribution in [0.1, 0.15) is 38.3 Å². The lowest BCUT2D eigenvalue weighted by atomic mass is 9.98. The first-order chi connectivity index (χ1) is 29.5. The van der Waals surface area contributed by atoms with Crippen LogP contribution in [0.15, 0.2) is 88.7 Å². The number of methoxy groups -OCH3 is 2. The molecule has 6 N–H and O–H groups in total. The number of aromatic nitrogens is 6. The van der Waals surface area contributed by atoms with Gasteiger partial charge in [0.1, 0.15) is 21.3 Å². The molecule has 1 aliphatic heterocycles. The van der Waals surface area contributed by atoms with Crippen LogP contribution in [-0.4, -0.2) is 120 Å². The highest BCUT2D eigenvalue weighted by Gasteiger charge is 2.37. The molecule has 21 heteroatoms. The lowest BCUT2D eigenvalue weighted by Gasteiger charge is -2.34. The Balaban J connectivity index is 1.33. The van der Waals surface area contributed by atoms with Crippen LogP contribution >= 0.6 is 0 Å². The second-order valence-electron chi connectivity index (χ2n) is 15.8. The summed E-state index contributed by atoms with van der Waals surface area (Å²) >= 11 is 0. The number of hydrogen-bond donors (Lipinski definition) is 5. The van der Waals surface area contributed by atoms with Gasteiger partial charge in [-0.2, -0.15) is 4.80 Å². The first-order valence-corrected chi connectivity index (χ1v) is 22.6. The van der Waals surface area contributed by atoms with Gasteiger partial charge in [-0.15, -0.1) is 10.2 Å². The number of nitrogens with zero attached hydrogens (tertiary/aromatic N) is 7. The highest BCUT2D eigenvalue weighted by molar-refractivity contribution is 7.92. The monoisotopic (exact) mass is 887 g/mol. The number of nitrogens with two attached hydrogens (primary N) is 1. The van der Waals surface area contributed by atoms with Crippen molar-refractivity contribution in [3.8, 4) is 34.0 Å². The number of sulfonamides is 2. The number of tetrazole rings is 1. The topological polar surface area (TPSA) is 253 Å². The van der Waals surface area contributed by atoms with Gasteiger partial charge in [-0.05, 0) is 92.0 Å². The molecule has 2 aromatic heterocycles. The molecule has 7 rings (SSSR count). The molecule has 0 bridgehead atoms. The number of carbonyl (C=O) groups is 1. The zero-order chi connectivity index (χ0) is 44.4. The quantitative estimate of drug-likeness (QED) is 0.0917. The van der Waals surface area contributed by atoms with Crippen LogP contribution in [0.3, 0.4) is 0 Å². The van der Waals surface area contributed by atoms with Gasteiger partial charge in [0.15, 0.2) is 5.95 Å². The van der Waals surface area contributed by atoms with E-state index in [9.17, 15) is 26.7 Å². The number of nitrogen functional groups attached to an aromatic ring is 1. The number of rotatable bonds is 16. The molecule has 0 aliphatic carbocycles. The van der Waals surface area contributed by atoms with Gasteiger partial charge >= 0.3 is 6.09 Å². The van der Waals surface area contributed by atoms with Crippen molar-refractivity contribution >= 4 is 43.1 Å². The third kappa shape index (κ3) is 9.66. The second kappa shape index (κ2) is 17.7. The number of amides is 1. The molecule has 328 valence electrons. The van der Waals surface area contributed by atoms with Gasteiger partial charge in [0.2, 0.25) is 25.9 Å². The Morgan fingerprint density at radius 3 is 2.26 bits per heavy atom. The molecule has 1 amide bonds. The van der Waals surface area contributed by atoms with Crippen molar-refractivity contribution in [2.24, 2.45) is 0 Å². The number of benzene rings is 4. The third-order valence-corrected chi connectivity index (χ3v) is 13.7. The maximum Gasteiger partial charge on any atom is 0.407 e. The highest BCUT2D eigenvalue weighted by atomic mass is 32.2. The maximum atomic E-state index is 14.9. The van der Waals surface area contributed by atoms with E-state index in [1.807, 2.05) is 17.0 Å². The number of nitrogens with one attached hydrogen (secondary N) is 3. The number of hydrogen-bond acceptors (Lipinski definition) is 13. The van der Waals surface area contributed by atoms with Crippen molar-refractivity contribution in [3.63, 3.8) is 0 Å². The summed E-state index contributed by atoms with van der Waals surface area (Å²) in [5.41, 5.74) is 8.33. The Morgan fingerprint density at radius 1 is 0.935 bits per heavy atom. The molecule has 19 nitrogen and oxygen atoms in total. The summed E-state index contributed by atoms with van der Waals surface area (Å²) in [5.74, 6) is 1.18. The molecular formula is C41H49N11O8S2. The summed E-state index contributed by atoms with van der Waals surface area (Å²) in [4.78, 5) is 22.9. The molecule has 0 unspecified atom stereocenters. The molecule has 1 aliphatic rings. The Hall–Kier alpha value is -6.13. The van der Waals surface area contributed by atoms with Crippen molar-refractivity contribution in [1.29, 1.82) is 0 Å². The smallest absolute Gasteiger partial charge is 0.407 e. The lowest BCUT2D eigenvalue weighted by Crippen LogP contribution is -2.48. The van der Waals surface area contributed by atoms with Crippen molar-refractivity contribution in [1.82, 2.24) is 49.4 Å². The van der Waals surface area contributed by atoms with E-state index >= 15 is 0 Å². The Morgan fingerprint density at radius 2 is 1.61 bits per heavy atom. The summed E-state index contributed by atoms with van der Waals surface area (Å²) in [6.45, 7) is 6.70. The summed E-state index contributed by atoms with van der Waals surface area (Å²) < 4.78 is 75.2. The van der Waals surface area contributed by atoms with Crippen molar-refractivity contribution in [3.05, 3.63) is 90.0 Å². The van der Waals surface area contributed by atoms with Gasteiger partial charge in [-0.1, -0.05) is 42.5 Å². The minimum absolute atomic E-state index is 0.120. The summed E-state index contributed by atoms with van der Waals surface area (Å²) in [7, 11) is -6.27. The van der Waals surface area contributed by atoms with E-state index in [2.05, 4.69) is 34.8 Å². The Kier molecular flexibility index (Phi) is 12.5. The zero-order valence-electron chi connectivity index (χ0n) is 34.9. The normalized spacial score (nSPS) is 15.0. The van der Waals surface area contributed by atoms with Gasteiger partial charge in [0.25, 0.3) is 0 Å². The van der Waals surface area contributed by atoms with Crippen LogP contribution < -0.4 is 24.7 Å². The predicted molar refractivity (Wildman–Crippen MR) is 232 cm³/mol. The van der Waals surface area contributed by atoms with Crippen LogP contribution in [0.5, 0.6) is 11.5 Å². The SMILES string of the molecule is COc1ccc(CNS(=O)(=O)c2c(S(=O)(=O)N[C@@H]3CCN(CCN(C(=O)O)C(C)(C)C)C3)ccc(-c3cccc4[nH]c(N)nc34)c2-c2nnn(Cc3ccc(OC)cc3)n2)cc1. The fourth-order valence-corrected chi connectivity index (χ4v) is 10.7. The molecule has 1 fully saturated rings. The van der Waals surface area contributed by atoms with E-state index < -0.39 is 47.5 Å². The number of H-pyrrole nitrogens is 1. The second-order valence-corrected chi connectivity index (χ2v) is 19.2. The van der Waals surface area contributed by atoms with E-state index in [4.69, 9.17) is 15.2 Å². The number of para-hydroxylation sites is 1. The van der Waals surface area contributed by atoms with E-state index in [0.29, 0.717) is 53.2 Å². The third-order valence-electron chi connectivity index (χ3n) is 10.6. The number of fused-ring (bicyclic) bond motifs is 1. The fourth-order valence-electron chi connectivity index (χ4n) is 7.43. The highest BCUT2D eigenvalue weighted by Crippen LogP contribution is 2.41. The zero-order valence-corrected chi connectivity index (χ0v) is 36.5. The lowest BCUT2D eigenvalue weighted by molar-refractivity contribution is 0.0932. The standard InChI is InChI=1S/C41H49N11O8S2/c1-41(2,3)51(40(53)54)22-21-50-20-19-28(25-50)48-61(55,56)34-18-17-31(32-7-6-8-33-36(32)45-39(42)44-33)35(37(34)62(57,58)43-23-26-9-13-29(59-4)14-10-26)38-46-49-52(47-38)24-27-11-15-30(60-5)16-12-27/h6-18,28,43,48H,19-25H2,1-5H3,(H,53,54)(H3,42,44,45)/t28-/m1/s1. The molecule has 6 aromatic rings. The van der Waals surface area contributed by atoms with Crippen LogP contribution in [0.4, 0.5) is 10.7 Å². The number of carboxylic acid groups (broad SMARTS) is 1. The molecule has 1 saturated heterocycles. The number of aromatic amines is 1. The van der Waals surface area contributed by atoms with E-state index in [1.165, 1.54) is 28.9 Å². The number of likely N-dealkylation sites (tertiary alicyclic amines) is 1. The maximum absolute atomic E-state index is 14.9. The summed E-state index contributed by atoms with van der Waals surface area (Å²) in [6, 6.07) is 21.3. The van der Waals surface area contributed by atoms with Gasteiger partial charge in [-0.25, -0.2) is 36.1 Å². The predicted octanol–water partition coefficient (Wildman–Crippen LogP) is 4.14. The minimum Gasteiger partial charge on any atom is -0.497 e. The molecule has 0 radical (unpaired) electrons. The van der Waals surface area contributed by atoms with E-state index in [0.717, 1.165) is 5.56 Å². The first kappa shape index (κ1) is 43.9. The van der Waals surface area contributed by atoms with Crippen molar-refractivity contribution in [2.75, 3.05) is 46.1 Å². The number of ether oxygens (including phenoxy) is 2. The van der Waals surface area contributed by atoms with Crippen molar-refractivity contribution < 1.29 is 36.2 Å². The fraction of sp³-hybridized carbons (Fsp3) is 0.341. The molecule has 0 spiro atoms. The van der Waals surface area contributed by atoms with Gasteiger partial charge < -0.3 is 30.2 Å². The number of anilines is 1. The summed E-state index contributed by atoms with van der Waals surface area (Å²) in [6.07, 6.45) is -0.654. The van der Waals surface area contributed by atoms with Crippen LogP contribution in [-0.2, 0) is 33.1 Å². The molecule has 1 atom stereocenters. The molecule has 3 heterocycles. The number of imidazole rings is 1. The van der Waals surface area contributed by atoms with E-state index in [-0.39, 0.29) is 49.1 Å². The van der Waals surface area contributed by atoms with Crippen molar-refractivity contribution in [2.45, 2.75) is 61.7 Å². The van der Waals surface area contributed by atoms with Crippen LogP contribution in [0.25, 0.3) is 33.5 Å². The average Bonchev–Trinajstić information content (AvgIpc) is 3.99. The van der Waals surface area contributed by atoms with Gasteiger partial charge in [-0.3, -0.25) is 4.90 Å². The molecule has 4 aromatic carbocycles. The van der Waals surface area contributed by atoms with Crippen LogP contribution in [0, 0.1) is 0 Å². The molecule has 62 heavy (non-hydrogen) atoms. The Labute approximate surface area is 359 Å². The van der Waals surface area contributed by atoms with Gasteiger partial charge in [0, 0.05) is 43.3 Å². The largest absolute Gasteiger partial charge is 0.497 e. The minimum atomic E-state index is -4.74. The van der Waals surface area contributed by atoms with Gasteiger partial charge in [0.05, 0.1) is 37.4 Å². The first-order valence-electron chi connectivity index (χ1n) is 19.7. The van der Waals surface area contributed by atoms with Crippen LogP contribution in [0.2, 0.25) is 0 Å². The molecular weight excluding hydrogens is 839 g/mol. The average molecular weight is 888 g/mol. The molecule has 0 saturated carbocycles. The Bertz CT molecular complexity index is 2790. The van der Waals surface area contributed by atoms with E-state index in [1.54, 1.807) is 82.5 Å².